The molecule has 0 amide bonds. The van der Waals surface area contributed by atoms with Gasteiger partial charge in [0.1, 0.15) is 6.33 Å². The molecule has 82 valence electrons. The summed E-state index contributed by atoms with van der Waals surface area (Å²) in [4.78, 5) is 3.85. The largest absolute Gasteiger partial charge is 0.409 e. The number of amidine groups is 1. The molecule has 8 nitrogen and oxygen atoms in total. The van der Waals surface area contributed by atoms with Crippen LogP contribution in [-0.2, 0) is 0 Å². The maximum absolute atomic E-state index is 8.45. The van der Waals surface area contributed by atoms with Crippen LogP contribution < -0.4 is 5.73 Å². The van der Waals surface area contributed by atoms with Crippen LogP contribution in [0.25, 0.3) is 5.82 Å². The number of nitrogens with two attached hydrogens (primary N) is 1. The lowest BCUT2D eigenvalue weighted by molar-refractivity contribution is 0.318. The predicted octanol–water partition coefficient (Wildman–Crippen LogP) is -0.540. The van der Waals surface area contributed by atoms with Gasteiger partial charge in [-0.05, 0) is 19.1 Å². The number of rotatable bonds is 2. The molecule has 0 aliphatic rings. The molecule has 3 N–H and O–H groups in total. The minimum Gasteiger partial charge on any atom is -0.409 e. The van der Waals surface area contributed by atoms with E-state index in [1.165, 1.54) is 11.0 Å². The molecule has 0 saturated carbocycles. The van der Waals surface area contributed by atoms with Gasteiger partial charge in [0.05, 0.1) is 5.69 Å². The average Bonchev–Trinajstić information content (AvgIpc) is 2.78. The first-order chi connectivity index (χ1) is 7.70. The van der Waals surface area contributed by atoms with E-state index < -0.39 is 0 Å². The Morgan fingerprint density at radius 2 is 2.25 bits per heavy atom. The molecule has 0 aliphatic carbocycles. The molecule has 0 bridgehead atoms. The second-order valence-electron chi connectivity index (χ2n) is 3.03. The summed E-state index contributed by atoms with van der Waals surface area (Å²) in [6.45, 7) is 1.83. The van der Waals surface area contributed by atoms with Crippen LogP contribution in [-0.4, -0.2) is 36.0 Å². The molecule has 2 aromatic rings. The summed E-state index contributed by atoms with van der Waals surface area (Å²) in [6.07, 6.45) is 1.41. The van der Waals surface area contributed by atoms with E-state index in [0.29, 0.717) is 5.82 Å². The Hall–Kier alpha value is -2.51. The van der Waals surface area contributed by atoms with Crippen molar-refractivity contribution < 1.29 is 5.21 Å². The first kappa shape index (κ1) is 10.0. The van der Waals surface area contributed by atoms with Gasteiger partial charge in [-0.25, -0.2) is 9.67 Å². The summed E-state index contributed by atoms with van der Waals surface area (Å²) in [5, 5.41) is 23.0. The average molecular weight is 219 g/mol. The molecule has 8 heteroatoms. The maximum Gasteiger partial charge on any atom is 0.220 e. The molecule has 0 aromatic carbocycles. The lowest BCUT2D eigenvalue weighted by atomic mass is 10.4. The van der Waals surface area contributed by atoms with E-state index in [9.17, 15) is 0 Å². The third-order valence-corrected chi connectivity index (χ3v) is 1.85. The van der Waals surface area contributed by atoms with Gasteiger partial charge in [0.15, 0.2) is 5.82 Å². The molecule has 0 spiro atoms. The van der Waals surface area contributed by atoms with Crippen LogP contribution in [0.2, 0.25) is 0 Å². The van der Waals surface area contributed by atoms with Gasteiger partial charge in [-0.15, -0.1) is 10.2 Å². The first-order valence-electron chi connectivity index (χ1n) is 4.41. The number of aryl methyl sites for hydroxylation is 1. The van der Waals surface area contributed by atoms with E-state index in [2.05, 4.69) is 25.4 Å². The summed E-state index contributed by atoms with van der Waals surface area (Å²) in [5.41, 5.74) is 6.14. The van der Waals surface area contributed by atoms with Gasteiger partial charge in [0.2, 0.25) is 11.7 Å². The van der Waals surface area contributed by atoms with Crippen molar-refractivity contribution >= 4 is 5.84 Å². The monoisotopic (exact) mass is 219 g/mol. The van der Waals surface area contributed by atoms with Gasteiger partial charge in [-0.3, -0.25) is 0 Å². The Bertz CT molecular complexity index is 515. The van der Waals surface area contributed by atoms with E-state index in [1.807, 2.05) is 6.92 Å². The molecule has 0 unspecified atom stereocenters. The van der Waals surface area contributed by atoms with Crippen LogP contribution in [0.4, 0.5) is 0 Å². The normalized spacial score (nSPS) is 11.7. The minimum absolute atomic E-state index is 0.130. The lowest BCUT2D eigenvalue weighted by Crippen LogP contribution is -2.15. The van der Waals surface area contributed by atoms with E-state index in [1.54, 1.807) is 12.1 Å². The molecule has 0 aliphatic heterocycles. The Kier molecular flexibility index (Phi) is 2.46. The highest BCUT2D eigenvalue weighted by molar-refractivity contribution is 5.93. The SMILES string of the molecule is Cc1ccc(-n2cnc(C(N)=NO)n2)nn1. The highest BCUT2D eigenvalue weighted by Gasteiger charge is 2.07. The number of aromatic nitrogens is 5. The fourth-order valence-corrected chi connectivity index (χ4v) is 1.05. The Morgan fingerprint density at radius 3 is 2.88 bits per heavy atom. The van der Waals surface area contributed by atoms with Crippen LogP contribution in [0.3, 0.4) is 0 Å². The Balaban J connectivity index is 2.35. The van der Waals surface area contributed by atoms with Crippen molar-refractivity contribution in [1.82, 2.24) is 25.0 Å². The van der Waals surface area contributed by atoms with Gasteiger partial charge in [0.25, 0.3) is 0 Å². The third kappa shape index (κ3) is 1.80. The van der Waals surface area contributed by atoms with Crippen molar-refractivity contribution in [3.63, 3.8) is 0 Å². The van der Waals surface area contributed by atoms with E-state index in [0.717, 1.165) is 5.69 Å². The van der Waals surface area contributed by atoms with Crippen molar-refractivity contribution in [1.29, 1.82) is 0 Å². The van der Waals surface area contributed by atoms with E-state index in [-0.39, 0.29) is 11.7 Å². The topological polar surface area (TPSA) is 115 Å². The van der Waals surface area contributed by atoms with Crippen molar-refractivity contribution in [3.8, 4) is 5.82 Å². The fourth-order valence-electron chi connectivity index (χ4n) is 1.05. The number of oxime groups is 1. The smallest absolute Gasteiger partial charge is 0.220 e. The number of hydrogen-bond acceptors (Lipinski definition) is 6. The van der Waals surface area contributed by atoms with Crippen LogP contribution in [0, 0.1) is 6.92 Å². The van der Waals surface area contributed by atoms with E-state index >= 15 is 0 Å². The molecule has 2 aromatic heterocycles. The second-order valence-corrected chi connectivity index (χ2v) is 3.03. The van der Waals surface area contributed by atoms with Crippen LogP contribution in [0.5, 0.6) is 0 Å². The molecule has 0 saturated heterocycles. The summed E-state index contributed by atoms with van der Waals surface area (Å²) < 4.78 is 1.39. The zero-order valence-electron chi connectivity index (χ0n) is 8.44. The van der Waals surface area contributed by atoms with Gasteiger partial charge < -0.3 is 10.9 Å². The molecule has 0 fully saturated rings. The zero-order valence-corrected chi connectivity index (χ0v) is 8.44. The quantitative estimate of drug-likeness (QED) is 0.303. The molecule has 16 heavy (non-hydrogen) atoms. The summed E-state index contributed by atoms with van der Waals surface area (Å²) in [5.74, 6) is 0.485. The third-order valence-electron chi connectivity index (χ3n) is 1.85. The standard InChI is InChI=1S/C8H9N7O/c1-5-2-3-6(12-11-5)15-4-10-8(13-15)7(9)14-16/h2-4,16H,1H3,(H2,9,14). The summed E-state index contributed by atoms with van der Waals surface area (Å²) in [6, 6.07) is 3.54. The fraction of sp³-hybridized carbons (Fsp3) is 0.125. The predicted molar refractivity (Wildman–Crippen MR) is 54.2 cm³/mol. The molecule has 2 heterocycles. The van der Waals surface area contributed by atoms with E-state index in [4.69, 9.17) is 10.9 Å². The minimum atomic E-state index is -0.154. The summed E-state index contributed by atoms with van der Waals surface area (Å²) >= 11 is 0. The second kappa shape index (κ2) is 3.93. The molecular weight excluding hydrogens is 210 g/mol. The highest BCUT2D eigenvalue weighted by Crippen LogP contribution is 2.01. The van der Waals surface area contributed by atoms with Gasteiger partial charge in [0, 0.05) is 0 Å². The van der Waals surface area contributed by atoms with Crippen LogP contribution in [0.15, 0.2) is 23.6 Å². The maximum atomic E-state index is 8.45. The Labute approximate surface area is 90.4 Å². The van der Waals surface area contributed by atoms with Crippen LogP contribution in [0.1, 0.15) is 11.5 Å². The van der Waals surface area contributed by atoms with Gasteiger partial charge in [-0.2, -0.15) is 5.10 Å². The van der Waals surface area contributed by atoms with Crippen molar-refractivity contribution in [2.75, 3.05) is 0 Å². The zero-order chi connectivity index (χ0) is 11.5. The molecular formula is C8H9N7O. The summed E-state index contributed by atoms with van der Waals surface area (Å²) in [7, 11) is 0. The number of hydrogen-bond donors (Lipinski definition) is 2. The van der Waals surface area contributed by atoms with Crippen molar-refractivity contribution in [2.24, 2.45) is 10.9 Å². The van der Waals surface area contributed by atoms with Crippen molar-refractivity contribution in [3.05, 3.63) is 30.0 Å². The lowest BCUT2D eigenvalue weighted by Gasteiger charge is -1.97. The Morgan fingerprint density at radius 1 is 1.44 bits per heavy atom. The molecule has 0 atom stereocenters. The van der Waals surface area contributed by atoms with Gasteiger partial charge in [-0.1, -0.05) is 5.16 Å². The highest BCUT2D eigenvalue weighted by atomic mass is 16.4. The number of nitrogens with zero attached hydrogens (tertiary/aromatic N) is 6. The van der Waals surface area contributed by atoms with Gasteiger partial charge >= 0.3 is 0 Å². The van der Waals surface area contributed by atoms with Crippen LogP contribution >= 0.6 is 0 Å². The molecule has 0 radical (unpaired) electrons. The molecule has 2 rings (SSSR count). The first-order valence-corrected chi connectivity index (χ1v) is 4.41. The van der Waals surface area contributed by atoms with Crippen molar-refractivity contribution in [2.45, 2.75) is 6.92 Å².